The van der Waals surface area contributed by atoms with E-state index < -0.39 is 24.5 Å². The summed E-state index contributed by atoms with van der Waals surface area (Å²) in [6.07, 6.45) is -1.31. The van der Waals surface area contributed by atoms with Crippen molar-refractivity contribution in [1.82, 2.24) is 4.90 Å². The van der Waals surface area contributed by atoms with Crippen molar-refractivity contribution in [2.45, 2.75) is 44.2 Å². The van der Waals surface area contributed by atoms with Crippen LogP contribution >= 0.6 is 0 Å². The minimum absolute atomic E-state index is 0.0596. The van der Waals surface area contributed by atoms with Crippen LogP contribution in [0.15, 0.2) is 12.2 Å². The summed E-state index contributed by atoms with van der Waals surface area (Å²) in [5.41, 5.74) is 6.49. The second-order valence-electron chi connectivity index (χ2n) is 4.13. The zero-order chi connectivity index (χ0) is 12.3. The van der Waals surface area contributed by atoms with Gasteiger partial charge in [0.2, 0.25) is 0 Å². The van der Waals surface area contributed by atoms with E-state index in [-0.39, 0.29) is 13.0 Å². The Morgan fingerprint density at radius 3 is 2.94 bits per heavy atom. The number of nitriles is 1. The molecule has 1 fully saturated rings. The van der Waals surface area contributed by atoms with Crippen LogP contribution in [-0.2, 0) is 0 Å². The average Bonchev–Trinajstić information content (AvgIpc) is 2.67. The molecule has 90 valence electrons. The SMILES string of the molecule is C=C(CC)[C@H](N)C(O)N1C[C@@H](F)C[C@H]1C#N. The summed E-state index contributed by atoms with van der Waals surface area (Å²) in [7, 11) is 0. The molecule has 1 unspecified atom stereocenters. The topological polar surface area (TPSA) is 73.3 Å². The Balaban J connectivity index is 2.70. The molecule has 0 aromatic rings. The number of aliphatic hydroxyl groups is 1. The molecular weight excluding hydrogens is 209 g/mol. The zero-order valence-electron chi connectivity index (χ0n) is 9.43. The number of hydrogen-bond donors (Lipinski definition) is 2. The van der Waals surface area contributed by atoms with Gasteiger partial charge in [0.1, 0.15) is 18.4 Å². The standard InChI is InChI=1S/C11H18FN3O/c1-3-7(2)10(14)11(16)15-6-8(12)4-9(15)5-13/h8-11,16H,2-4,6,14H2,1H3/t8-,9-,10-,11?/m0/s1. The first-order chi connectivity index (χ1) is 7.51. The van der Waals surface area contributed by atoms with E-state index in [9.17, 15) is 9.50 Å². The summed E-state index contributed by atoms with van der Waals surface area (Å²) < 4.78 is 13.2. The van der Waals surface area contributed by atoms with E-state index >= 15 is 0 Å². The molecule has 0 spiro atoms. The highest BCUT2D eigenvalue weighted by Crippen LogP contribution is 2.23. The fourth-order valence-electron chi connectivity index (χ4n) is 1.88. The third-order valence-corrected chi connectivity index (χ3v) is 3.02. The lowest BCUT2D eigenvalue weighted by molar-refractivity contribution is -0.00755. The van der Waals surface area contributed by atoms with E-state index in [0.29, 0.717) is 12.0 Å². The number of aliphatic hydroxyl groups excluding tert-OH is 1. The van der Waals surface area contributed by atoms with Crippen molar-refractivity contribution in [1.29, 1.82) is 5.26 Å². The molecule has 1 aliphatic heterocycles. The summed E-state index contributed by atoms with van der Waals surface area (Å²) in [6.45, 7) is 5.69. The molecule has 3 N–H and O–H groups in total. The van der Waals surface area contributed by atoms with E-state index in [2.05, 4.69) is 6.58 Å². The molecule has 4 nitrogen and oxygen atoms in total. The van der Waals surface area contributed by atoms with Crippen LogP contribution in [-0.4, -0.2) is 41.0 Å². The summed E-state index contributed by atoms with van der Waals surface area (Å²) in [6, 6.07) is 0.748. The smallest absolute Gasteiger partial charge is 0.127 e. The highest BCUT2D eigenvalue weighted by atomic mass is 19.1. The van der Waals surface area contributed by atoms with Crippen molar-refractivity contribution in [2.24, 2.45) is 5.73 Å². The van der Waals surface area contributed by atoms with Gasteiger partial charge < -0.3 is 10.8 Å². The lowest BCUT2D eigenvalue weighted by Crippen LogP contribution is -2.50. The van der Waals surface area contributed by atoms with E-state index in [1.54, 1.807) is 0 Å². The molecule has 1 saturated heterocycles. The van der Waals surface area contributed by atoms with Crippen LogP contribution < -0.4 is 5.73 Å². The first-order valence-electron chi connectivity index (χ1n) is 5.42. The van der Waals surface area contributed by atoms with Crippen LogP contribution in [0, 0.1) is 11.3 Å². The molecule has 1 aliphatic rings. The second-order valence-corrected chi connectivity index (χ2v) is 4.13. The zero-order valence-corrected chi connectivity index (χ0v) is 9.43. The summed E-state index contributed by atoms with van der Waals surface area (Å²) in [4.78, 5) is 1.41. The van der Waals surface area contributed by atoms with Crippen LogP contribution in [0.2, 0.25) is 0 Å². The molecule has 0 aromatic carbocycles. The molecule has 0 amide bonds. The molecule has 0 aliphatic carbocycles. The third kappa shape index (κ3) is 2.59. The first kappa shape index (κ1) is 13.1. The molecule has 1 heterocycles. The van der Waals surface area contributed by atoms with Gasteiger partial charge >= 0.3 is 0 Å². The number of hydrogen-bond acceptors (Lipinski definition) is 4. The van der Waals surface area contributed by atoms with Gasteiger partial charge in [-0.15, -0.1) is 0 Å². The minimum Gasteiger partial charge on any atom is -0.376 e. The fourth-order valence-corrected chi connectivity index (χ4v) is 1.88. The maximum absolute atomic E-state index is 13.2. The third-order valence-electron chi connectivity index (χ3n) is 3.02. The van der Waals surface area contributed by atoms with Gasteiger partial charge in [-0.2, -0.15) is 5.26 Å². The van der Waals surface area contributed by atoms with Gasteiger partial charge in [0.05, 0.1) is 12.1 Å². The van der Waals surface area contributed by atoms with E-state index in [1.165, 1.54) is 4.90 Å². The van der Waals surface area contributed by atoms with Gasteiger partial charge in [0.25, 0.3) is 0 Å². The lowest BCUT2D eigenvalue weighted by Gasteiger charge is -2.30. The molecule has 1 rings (SSSR count). The first-order valence-corrected chi connectivity index (χ1v) is 5.42. The van der Waals surface area contributed by atoms with Gasteiger partial charge in [0, 0.05) is 13.0 Å². The monoisotopic (exact) mass is 227 g/mol. The number of rotatable bonds is 4. The van der Waals surface area contributed by atoms with Crippen LogP contribution in [0.3, 0.4) is 0 Å². The van der Waals surface area contributed by atoms with Crippen molar-refractivity contribution >= 4 is 0 Å². The number of nitrogens with zero attached hydrogens (tertiary/aromatic N) is 2. The Bertz CT molecular complexity index is 302. The van der Waals surface area contributed by atoms with Crippen molar-refractivity contribution in [2.75, 3.05) is 6.54 Å². The highest BCUT2D eigenvalue weighted by Gasteiger charge is 2.38. The van der Waals surface area contributed by atoms with Gasteiger partial charge in [-0.25, -0.2) is 4.39 Å². The number of halogens is 1. The molecule has 0 aromatic heterocycles. The van der Waals surface area contributed by atoms with Gasteiger partial charge in [0.15, 0.2) is 0 Å². The van der Waals surface area contributed by atoms with Crippen molar-refractivity contribution in [3.05, 3.63) is 12.2 Å². The van der Waals surface area contributed by atoms with E-state index in [0.717, 1.165) is 0 Å². The largest absolute Gasteiger partial charge is 0.376 e. The summed E-state index contributed by atoms with van der Waals surface area (Å²) in [5.74, 6) is 0. The van der Waals surface area contributed by atoms with Gasteiger partial charge in [-0.05, 0) is 6.42 Å². The summed E-state index contributed by atoms with van der Waals surface area (Å²) >= 11 is 0. The maximum atomic E-state index is 13.2. The molecule has 5 heteroatoms. The summed E-state index contributed by atoms with van der Waals surface area (Å²) in [5, 5.41) is 18.8. The fraction of sp³-hybridized carbons (Fsp3) is 0.727. The molecule has 0 saturated carbocycles. The van der Waals surface area contributed by atoms with Crippen LogP contribution in [0.1, 0.15) is 19.8 Å². The van der Waals surface area contributed by atoms with Crippen LogP contribution in [0.25, 0.3) is 0 Å². The molecular formula is C11H18FN3O. The minimum atomic E-state index is -1.07. The highest BCUT2D eigenvalue weighted by molar-refractivity contribution is 5.09. The van der Waals surface area contributed by atoms with Crippen molar-refractivity contribution in [3.63, 3.8) is 0 Å². The maximum Gasteiger partial charge on any atom is 0.127 e. The van der Waals surface area contributed by atoms with E-state index in [4.69, 9.17) is 11.0 Å². The second kappa shape index (κ2) is 5.39. The Kier molecular flexibility index (Phi) is 4.42. The van der Waals surface area contributed by atoms with Gasteiger partial charge in [-0.1, -0.05) is 19.1 Å². The number of alkyl halides is 1. The van der Waals surface area contributed by atoms with Crippen LogP contribution in [0.5, 0.6) is 0 Å². The van der Waals surface area contributed by atoms with E-state index in [1.807, 2.05) is 13.0 Å². The normalized spacial score (nSPS) is 29.7. The average molecular weight is 227 g/mol. The predicted molar refractivity (Wildman–Crippen MR) is 59.0 cm³/mol. The Morgan fingerprint density at radius 1 is 1.81 bits per heavy atom. The quantitative estimate of drug-likeness (QED) is 0.687. The van der Waals surface area contributed by atoms with Crippen LogP contribution in [0.4, 0.5) is 4.39 Å². The number of nitrogens with two attached hydrogens (primary N) is 1. The Labute approximate surface area is 95.1 Å². The molecule has 4 atom stereocenters. The van der Waals surface area contributed by atoms with Crippen molar-refractivity contribution < 1.29 is 9.50 Å². The molecule has 0 bridgehead atoms. The van der Waals surface area contributed by atoms with Crippen molar-refractivity contribution in [3.8, 4) is 6.07 Å². The Hall–Kier alpha value is -0.960. The lowest BCUT2D eigenvalue weighted by atomic mass is 10.0. The number of likely N-dealkylation sites (tertiary alicyclic amines) is 1. The predicted octanol–water partition coefficient (Wildman–Crippen LogP) is 0.534. The molecule has 0 radical (unpaired) electrons. The molecule has 16 heavy (non-hydrogen) atoms. The Morgan fingerprint density at radius 2 is 2.44 bits per heavy atom. The van der Waals surface area contributed by atoms with Gasteiger partial charge in [-0.3, -0.25) is 4.90 Å².